The van der Waals surface area contributed by atoms with Gasteiger partial charge in [-0.05, 0) is 48.9 Å². The van der Waals surface area contributed by atoms with Gasteiger partial charge in [-0.15, -0.1) is 0 Å². The molecule has 1 aromatic carbocycles. The van der Waals surface area contributed by atoms with Gasteiger partial charge in [-0.1, -0.05) is 6.07 Å². The molecule has 96 valence electrons. The lowest BCUT2D eigenvalue weighted by Gasteiger charge is -2.15. The Morgan fingerprint density at radius 3 is 3.00 bits per heavy atom. The van der Waals surface area contributed by atoms with E-state index in [0.29, 0.717) is 18.4 Å². The number of ether oxygens (including phenoxy) is 2. The lowest BCUT2D eigenvalue weighted by Crippen LogP contribution is -2.08. The third-order valence-corrected chi connectivity index (χ3v) is 4.18. The van der Waals surface area contributed by atoms with Gasteiger partial charge in [-0.25, -0.2) is 0 Å². The predicted molar refractivity (Wildman–Crippen MR) is 67.7 cm³/mol. The van der Waals surface area contributed by atoms with Gasteiger partial charge in [0, 0.05) is 5.92 Å². The first-order chi connectivity index (χ1) is 8.76. The molecule has 0 bridgehead atoms. The van der Waals surface area contributed by atoms with Gasteiger partial charge in [0.2, 0.25) is 0 Å². The molecule has 3 atom stereocenters. The average Bonchev–Trinajstić information content (AvgIpc) is 3.13. The summed E-state index contributed by atoms with van der Waals surface area (Å²) >= 11 is 0. The van der Waals surface area contributed by atoms with Crippen LogP contribution in [-0.4, -0.2) is 19.7 Å². The Morgan fingerprint density at radius 1 is 1.44 bits per heavy atom. The van der Waals surface area contributed by atoms with E-state index in [-0.39, 0.29) is 11.9 Å². The van der Waals surface area contributed by atoms with Crippen molar-refractivity contribution in [1.29, 1.82) is 0 Å². The van der Waals surface area contributed by atoms with Gasteiger partial charge >= 0.3 is 5.97 Å². The summed E-state index contributed by atoms with van der Waals surface area (Å²) in [6, 6.07) is 6.21. The number of hydrogen-bond acceptors (Lipinski definition) is 3. The van der Waals surface area contributed by atoms with Gasteiger partial charge in [0.05, 0.1) is 19.6 Å². The highest BCUT2D eigenvalue weighted by Gasteiger charge is 2.57. The monoisotopic (exact) mass is 246 g/mol. The largest absolute Gasteiger partial charge is 0.497 e. The zero-order valence-electron chi connectivity index (χ0n) is 10.8. The molecule has 0 saturated heterocycles. The van der Waals surface area contributed by atoms with Crippen LogP contribution in [0.2, 0.25) is 0 Å². The van der Waals surface area contributed by atoms with Crippen molar-refractivity contribution < 1.29 is 14.3 Å². The first-order valence-corrected chi connectivity index (χ1v) is 6.59. The number of carbonyl (C=O) groups is 1. The smallest absolute Gasteiger partial charge is 0.309 e. The zero-order chi connectivity index (χ0) is 12.7. The summed E-state index contributed by atoms with van der Waals surface area (Å²) in [4.78, 5) is 11.9. The minimum Gasteiger partial charge on any atom is -0.497 e. The van der Waals surface area contributed by atoms with E-state index >= 15 is 0 Å². The average molecular weight is 246 g/mol. The second kappa shape index (κ2) is 4.30. The number of carbonyl (C=O) groups excluding carboxylic acids is 1. The first kappa shape index (κ1) is 11.6. The Hall–Kier alpha value is -1.51. The molecular weight excluding hydrogens is 228 g/mol. The molecule has 3 rings (SSSR count). The fraction of sp³-hybridized carbons (Fsp3) is 0.533. The quantitative estimate of drug-likeness (QED) is 0.769. The van der Waals surface area contributed by atoms with Crippen LogP contribution in [0.1, 0.15) is 30.4 Å². The van der Waals surface area contributed by atoms with Gasteiger partial charge in [0.15, 0.2) is 0 Å². The van der Waals surface area contributed by atoms with Crippen LogP contribution in [0.4, 0.5) is 0 Å². The SMILES string of the molecule is CCOC(=O)C1C2CCc3cc(OC)ccc3C21. The lowest BCUT2D eigenvalue weighted by molar-refractivity contribution is -0.145. The third kappa shape index (κ3) is 1.69. The van der Waals surface area contributed by atoms with Gasteiger partial charge in [-0.3, -0.25) is 4.79 Å². The summed E-state index contributed by atoms with van der Waals surface area (Å²) in [7, 11) is 1.69. The molecule has 0 N–H and O–H groups in total. The van der Waals surface area contributed by atoms with E-state index in [0.717, 1.165) is 18.6 Å². The van der Waals surface area contributed by atoms with Crippen LogP contribution in [0, 0.1) is 11.8 Å². The van der Waals surface area contributed by atoms with Crippen molar-refractivity contribution in [3.05, 3.63) is 29.3 Å². The maximum Gasteiger partial charge on any atom is 0.309 e. The summed E-state index contributed by atoms with van der Waals surface area (Å²) in [5.74, 6) is 1.87. The number of esters is 1. The second-order valence-corrected chi connectivity index (χ2v) is 5.07. The van der Waals surface area contributed by atoms with E-state index in [1.54, 1.807) is 7.11 Å². The van der Waals surface area contributed by atoms with E-state index in [4.69, 9.17) is 9.47 Å². The number of methoxy groups -OCH3 is 1. The summed E-state index contributed by atoms with van der Waals surface area (Å²) < 4.78 is 10.4. The topological polar surface area (TPSA) is 35.5 Å². The van der Waals surface area contributed by atoms with E-state index in [1.165, 1.54) is 11.1 Å². The van der Waals surface area contributed by atoms with Crippen LogP contribution >= 0.6 is 0 Å². The number of hydrogen-bond donors (Lipinski definition) is 0. The minimum absolute atomic E-state index is 0.0174. The van der Waals surface area contributed by atoms with E-state index < -0.39 is 0 Å². The Bertz CT molecular complexity index is 481. The zero-order valence-corrected chi connectivity index (χ0v) is 10.8. The van der Waals surface area contributed by atoms with Gasteiger partial charge in [-0.2, -0.15) is 0 Å². The van der Waals surface area contributed by atoms with Gasteiger partial charge in [0.1, 0.15) is 5.75 Å². The van der Waals surface area contributed by atoms with Crippen LogP contribution in [0.25, 0.3) is 0 Å². The van der Waals surface area contributed by atoms with E-state index in [2.05, 4.69) is 12.1 Å². The summed E-state index contributed by atoms with van der Waals surface area (Å²) in [5, 5.41) is 0. The molecular formula is C15H18O3. The highest BCUT2D eigenvalue weighted by Crippen LogP contribution is 2.60. The molecule has 0 heterocycles. The maximum absolute atomic E-state index is 11.9. The minimum atomic E-state index is -0.0174. The molecule has 3 unspecified atom stereocenters. The number of rotatable bonds is 3. The van der Waals surface area contributed by atoms with Crippen LogP contribution in [-0.2, 0) is 16.0 Å². The molecule has 0 amide bonds. The molecule has 0 aromatic heterocycles. The Labute approximate surface area is 107 Å². The molecule has 3 heteroatoms. The van der Waals surface area contributed by atoms with Gasteiger partial charge < -0.3 is 9.47 Å². The standard InChI is InChI=1S/C15H18O3/c1-3-18-15(16)14-12-6-4-9-8-10(17-2)5-7-11(9)13(12)14/h5,7-8,12-14H,3-4,6H2,1-2H3. The summed E-state index contributed by atoms with van der Waals surface area (Å²) in [6.45, 7) is 2.34. The molecule has 2 aliphatic carbocycles. The predicted octanol–water partition coefficient (Wildman–Crippen LogP) is 2.53. The van der Waals surface area contributed by atoms with Crippen molar-refractivity contribution in [2.45, 2.75) is 25.7 Å². The van der Waals surface area contributed by atoms with Crippen LogP contribution in [0.5, 0.6) is 5.75 Å². The highest BCUT2D eigenvalue weighted by molar-refractivity contribution is 5.79. The lowest BCUT2D eigenvalue weighted by atomic mass is 9.92. The Balaban J connectivity index is 1.84. The number of aryl methyl sites for hydroxylation is 1. The number of benzene rings is 1. The van der Waals surface area contributed by atoms with Crippen molar-refractivity contribution in [1.82, 2.24) is 0 Å². The Morgan fingerprint density at radius 2 is 2.28 bits per heavy atom. The van der Waals surface area contributed by atoms with E-state index in [9.17, 15) is 4.79 Å². The summed E-state index contributed by atoms with van der Waals surface area (Å²) in [5.41, 5.74) is 2.66. The number of fused-ring (bicyclic) bond motifs is 3. The van der Waals surface area contributed by atoms with Crippen molar-refractivity contribution in [3.8, 4) is 5.75 Å². The van der Waals surface area contributed by atoms with Crippen molar-refractivity contribution in [2.24, 2.45) is 11.8 Å². The molecule has 1 aromatic rings. The fourth-order valence-electron chi connectivity index (χ4n) is 3.29. The second-order valence-electron chi connectivity index (χ2n) is 5.07. The Kier molecular flexibility index (Phi) is 2.77. The summed E-state index contributed by atoms with van der Waals surface area (Å²) in [6.07, 6.45) is 2.14. The molecule has 1 saturated carbocycles. The molecule has 1 fully saturated rings. The van der Waals surface area contributed by atoms with E-state index in [1.807, 2.05) is 13.0 Å². The van der Waals surface area contributed by atoms with Crippen molar-refractivity contribution in [3.63, 3.8) is 0 Å². The molecule has 18 heavy (non-hydrogen) atoms. The van der Waals surface area contributed by atoms with Crippen LogP contribution in [0.3, 0.4) is 0 Å². The molecule has 0 radical (unpaired) electrons. The van der Waals surface area contributed by atoms with Gasteiger partial charge in [0.25, 0.3) is 0 Å². The maximum atomic E-state index is 11.9. The molecule has 3 nitrogen and oxygen atoms in total. The highest BCUT2D eigenvalue weighted by atomic mass is 16.5. The van der Waals surface area contributed by atoms with Crippen molar-refractivity contribution in [2.75, 3.05) is 13.7 Å². The van der Waals surface area contributed by atoms with Crippen LogP contribution in [0.15, 0.2) is 18.2 Å². The fourth-order valence-corrected chi connectivity index (χ4v) is 3.29. The third-order valence-electron chi connectivity index (χ3n) is 4.18. The molecule has 0 spiro atoms. The van der Waals surface area contributed by atoms with Crippen molar-refractivity contribution >= 4 is 5.97 Å². The molecule has 2 aliphatic rings. The first-order valence-electron chi connectivity index (χ1n) is 6.59. The normalized spacial score (nSPS) is 28.0. The van der Waals surface area contributed by atoms with Crippen LogP contribution < -0.4 is 4.74 Å². The molecule has 0 aliphatic heterocycles.